The number of aliphatic carboxylic acids is 1. The predicted octanol–water partition coefficient (Wildman–Crippen LogP) is 3.85. The van der Waals surface area contributed by atoms with Crippen molar-refractivity contribution in [3.8, 4) is 0 Å². The highest BCUT2D eigenvalue weighted by molar-refractivity contribution is 5.85. The van der Waals surface area contributed by atoms with E-state index in [1.54, 1.807) is 0 Å². The Morgan fingerprint density at radius 2 is 1.91 bits per heavy atom. The van der Waals surface area contributed by atoms with Crippen LogP contribution in [0.1, 0.15) is 17.3 Å². The van der Waals surface area contributed by atoms with E-state index in [0.29, 0.717) is 23.8 Å². The van der Waals surface area contributed by atoms with Gasteiger partial charge >= 0.3 is 12.1 Å². The second kappa shape index (κ2) is 9.48. The van der Waals surface area contributed by atoms with Crippen LogP contribution in [0.3, 0.4) is 0 Å². The third-order valence-electron chi connectivity index (χ3n) is 6.04. The first-order valence-corrected chi connectivity index (χ1v) is 10.6. The van der Waals surface area contributed by atoms with E-state index in [2.05, 4.69) is 57.5 Å². The van der Waals surface area contributed by atoms with Crippen molar-refractivity contribution >= 4 is 16.7 Å². The molecule has 2 aliphatic rings. The van der Waals surface area contributed by atoms with Gasteiger partial charge in [0.1, 0.15) is 0 Å². The molecule has 0 bridgehead atoms. The Bertz CT molecular complexity index is 1110. The number of likely N-dealkylation sites (tertiary alicyclic amines) is 1. The van der Waals surface area contributed by atoms with Gasteiger partial charge in [0.05, 0.1) is 12.7 Å². The van der Waals surface area contributed by atoms with E-state index >= 15 is 0 Å². The fraction of sp³-hybridized carbons (Fsp3) is 0.435. The molecule has 0 unspecified atom stereocenters. The standard InChI is InChI=1S/C21H23N3O2.C2HF3O2/c1-14-22-21(26-23-14)9-17-13-25-20-12-24(11-19(17)20)10-16-7-4-6-15-5-2-3-8-18(15)16;3-2(4,5)1(6)7/h2-8,17,19-20H,9-13H2,1H3;(H,6,7)/t17-,19-,20-;/m1./s1. The summed E-state index contributed by atoms with van der Waals surface area (Å²) in [6, 6.07) is 15.2. The van der Waals surface area contributed by atoms with Crippen LogP contribution in [-0.4, -0.2) is 58.1 Å². The number of ether oxygens (including phenoxy) is 1. The van der Waals surface area contributed by atoms with E-state index in [4.69, 9.17) is 19.2 Å². The molecule has 5 rings (SSSR count). The van der Waals surface area contributed by atoms with Crippen molar-refractivity contribution in [2.24, 2.45) is 11.8 Å². The number of fused-ring (bicyclic) bond motifs is 2. The lowest BCUT2D eigenvalue weighted by molar-refractivity contribution is -0.192. The SMILES string of the molecule is Cc1noc(C[C@@H]2CO[C@@H]3CN(Cc4cccc5ccccc45)C[C@H]23)n1.O=C(O)C(F)(F)F. The number of halogens is 3. The van der Waals surface area contributed by atoms with E-state index in [-0.39, 0.29) is 0 Å². The molecule has 3 atom stereocenters. The highest BCUT2D eigenvalue weighted by atomic mass is 19.4. The van der Waals surface area contributed by atoms with Gasteiger partial charge in [-0.3, -0.25) is 4.90 Å². The van der Waals surface area contributed by atoms with Gasteiger partial charge < -0.3 is 14.4 Å². The number of carboxylic acids is 1. The molecular formula is C23H24F3N3O4. The van der Waals surface area contributed by atoms with Crippen molar-refractivity contribution in [3.05, 3.63) is 59.7 Å². The first-order valence-electron chi connectivity index (χ1n) is 10.6. The number of hydrogen-bond donors (Lipinski definition) is 1. The Labute approximate surface area is 188 Å². The van der Waals surface area contributed by atoms with E-state index < -0.39 is 12.1 Å². The summed E-state index contributed by atoms with van der Waals surface area (Å²) < 4.78 is 43.1. The fourth-order valence-electron chi connectivity index (χ4n) is 4.54. The Balaban J connectivity index is 0.000000325. The maximum Gasteiger partial charge on any atom is 0.490 e. The molecule has 1 N–H and O–H groups in total. The molecule has 0 amide bonds. The minimum Gasteiger partial charge on any atom is -0.475 e. The minimum atomic E-state index is -5.08. The van der Waals surface area contributed by atoms with E-state index in [9.17, 15) is 13.2 Å². The summed E-state index contributed by atoms with van der Waals surface area (Å²) >= 11 is 0. The molecule has 10 heteroatoms. The maximum absolute atomic E-state index is 10.6. The van der Waals surface area contributed by atoms with Crippen LogP contribution < -0.4 is 0 Å². The largest absolute Gasteiger partial charge is 0.490 e. The summed E-state index contributed by atoms with van der Waals surface area (Å²) in [5.41, 5.74) is 1.40. The van der Waals surface area contributed by atoms with Gasteiger partial charge in [-0.15, -0.1) is 0 Å². The molecule has 3 heterocycles. The smallest absolute Gasteiger partial charge is 0.475 e. The highest BCUT2D eigenvalue weighted by Gasteiger charge is 2.44. The first kappa shape index (κ1) is 23.2. The number of carbonyl (C=O) groups is 1. The van der Waals surface area contributed by atoms with E-state index in [0.717, 1.165) is 38.6 Å². The Morgan fingerprint density at radius 3 is 2.61 bits per heavy atom. The summed E-state index contributed by atoms with van der Waals surface area (Å²) in [7, 11) is 0. The summed E-state index contributed by atoms with van der Waals surface area (Å²) in [5.74, 6) is -0.286. The number of nitrogens with zero attached hydrogens (tertiary/aromatic N) is 3. The quantitative estimate of drug-likeness (QED) is 0.629. The number of carboxylic acid groups (broad SMARTS) is 1. The van der Waals surface area contributed by atoms with Gasteiger partial charge in [0, 0.05) is 32.0 Å². The number of aryl methyl sites for hydroxylation is 1. The van der Waals surface area contributed by atoms with Crippen LogP contribution in [0.25, 0.3) is 10.8 Å². The van der Waals surface area contributed by atoms with Crippen LogP contribution in [0.4, 0.5) is 13.2 Å². The average Bonchev–Trinajstić information content (AvgIpc) is 3.45. The monoisotopic (exact) mass is 463 g/mol. The van der Waals surface area contributed by atoms with Gasteiger partial charge in [0.25, 0.3) is 0 Å². The molecular weight excluding hydrogens is 439 g/mol. The molecule has 33 heavy (non-hydrogen) atoms. The number of aromatic nitrogens is 2. The van der Waals surface area contributed by atoms with Crippen LogP contribution in [0, 0.1) is 18.8 Å². The molecule has 176 valence electrons. The molecule has 1 aromatic heterocycles. The predicted molar refractivity (Wildman–Crippen MR) is 112 cm³/mol. The van der Waals surface area contributed by atoms with Crippen molar-refractivity contribution < 1.29 is 32.3 Å². The van der Waals surface area contributed by atoms with Crippen molar-refractivity contribution in [2.75, 3.05) is 19.7 Å². The number of benzene rings is 2. The summed E-state index contributed by atoms with van der Waals surface area (Å²) in [4.78, 5) is 15.8. The van der Waals surface area contributed by atoms with Gasteiger partial charge in [-0.25, -0.2) is 4.79 Å². The van der Waals surface area contributed by atoms with Gasteiger partial charge in [0.15, 0.2) is 5.82 Å². The highest BCUT2D eigenvalue weighted by Crippen LogP contribution is 2.36. The van der Waals surface area contributed by atoms with Crippen molar-refractivity contribution in [1.29, 1.82) is 0 Å². The Kier molecular flexibility index (Phi) is 6.66. The molecule has 0 aliphatic carbocycles. The van der Waals surface area contributed by atoms with Crippen molar-refractivity contribution in [2.45, 2.75) is 32.2 Å². The van der Waals surface area contributed by atoms with Crippen molar-refractivity contribution in [1.82, 2.24) is 15.0 Å². The zero-order valence-corrected chi connectivity index (χ0v) is 18.0. The molecule has 3 aromatic rings. The second-order valence-corrected chi connectivity index (χ2v) is 8.37. The summed E-state index contributed by atoms with van der Waals surface area (Å²) in [6.45, 7) is 5.73. The van der Waals surface area contributed by atoms with Crippen molar-refractivity contribution in [3.63, 3.8) is 0 Å². The average molecular weight is 463 g/mol. The third-order valence-corrected chi connectivity index (χ3v) is 6.04. The third kappa shape index (κ3) is 5.51. The molecule has 7 nitrogen and oxygen atoms in total. The maximum atomic E-state index is 10.6. The lowest BCUT2D eigenvalue weighted by Gasteiger charge is -2.19. The minimum absolute atomic E-state index is 0.332. The topological polar surface area (TPSA) is 88.7 Å². The second-order valence-electron chi connectivity index (χ2n) is 8.37. The molecule has 0 radical (unpaired) electrons. The normalized spacial score (nSPS) is 22.7. The summed E-state index contributed by atoms with van der Waals surface area (Å²) in [5, 5.41) is 13.7. The number of alkyl halides is 3. The van der Waals surface area contributed by atoms with E-state index in [1.165, 1.54) is 16.3 Å². The molecule has 2 aliphatic heterocycles. The number of hydrogen-bond acceptors (Lipinski definition) is 6. The first-order chi connectivity index (χ1) is 15.7. The molecule has 2 fully saturated rings. The lowest BCUT2D eigenvalue weighted by atomic mass is 9.90. The molecule has 0 spiro atoms. The van der Waals surface area contributed by atoms with Crippen LogP contribution >= 0.6 is 0 Å². The van der Waals surface area contributed by atoms with E-state index in [1.807, 2.05) is 6.92 Å². The van der Waals surface area contributed by atoms with Crippen LogP contribution in [-0.2, 0) is 22.5 Å². The molecule has 2 aromatic carbocycles. The number of rotatable bonds is 4. The zero-order chi connectivity index (χ0) is 23.6. The van der Waals surface area contributed by atoms with Gasteiger partial charge in [-0.1, -0.05) is 47.6 Å². The zero-order valence-electron chi connectivity index (χ0n) is 18.0. The van der Waals surface area contributed by atoms with Crippen LogP contribution in [0.5, 0.6) is 0 Å². The fourth-order valence-corrected chi connectivity index (χ4v) is 4.54. The van der Waals surface area contributed by atoms with Gasteiger partial charge in [-0.05, 0) is 29.2 Å². The van der Waals surface area contributed by atoms with Gasteiger partial charge in [-0.2, -0.15) is 18.2 Å². The van der Waals surface area contributed by atoms with Crippen LogP contribution in [0.2, 0.25) is 0 Å². The summed E-state index contributed by atoms with van der Waals surface area (Å²) in [6.07, 6.45) is -3.93. The Morgan fingerprint density at radius 1 is 1.18 bits per heavy atom. The van der Waals surface area contributed by atoms with Gasteiger partial charge in [0.2, 0.25) is 5.89 Å². The van der Waals surface area contributed by atoms with Crippen LogP contribution in [0.15, 0.2) is 47.0 Å². The molecule has 2 saturated heterocycles. The lowest BCUT2D eigenvalue weighted by Crippen LogP contribution is -2.25. The molecule has 0 saturated carbocycles. The Hall–Kier alpha value is -2.98.